The van der Waals surface area contributed by atoms with Crippen LogP contribution in [0.5, 0.6) is 5.75 Å². The zero-order valence-corrected chi connectivity index (χ0v) is 13.1. The summed E-state index contributed by atoms with van der Waals surface area (Å²) in [4.78, 5) is 15.7. The number of ether oxygens (including phenoxy) is 1. The number of nitrogens with zero attached hydrogens (tertiary/aromatic N) is 2. The average molecular weight is 291 g/mol. The molecule has 5 heteroatoms. The number of nitrogen functional groups attached to an aromatic ring is 1. The van der Waals surface area contributed by atoms with Crippen LogP contribution in [0.15, 0.2) is 18.2 Å². The molecule has 21 heavy (non-hydrogen) atoms. The van der Waals surface area contributed by atoms with Gasteiger partial charge < -0.3 is 20.3 Å². The van der Waals surface area contributed by atoms with E-state index in [-0.39, 0.29) is 12.0 Å². The zero-order chi connectivity index (χ0) is 15.4. The molecule has 1 aromatic carbocycles. The van der Waals surface area contributed by atoms with Crippen molar-refractivity contribution in [2.45, 2.75) is 33.3 Å². The minimum atomic E-state index is 0.122. The van der Waals surface area contributed by atoms with Gasteiger partial charge in [0, 0.05) is 56.6 Å². The lowest BCUT2D eigenvalue weighted by molar-refractivity contribution is -0.128. The number of hydrogen-bond acceptors (Lipinski definition) is 4. The highest BCUT2D eigenvalue weighted by Gasteiger charge is 2.17. The van der Waals surface area contributed by atoms with Crippen LogP contribution in [0, 0.1) is 0 Å². The molecule has 0 aliphatic carbocycles. The van der Waals surface area contributed by atoms with Crippen molar-refractivity contribution >= 4 is 17.3 Å². The topological polar surface area (TPSA) is 58.8 Å². The predicted octanol–water partition coefficient (Wildman–Crippen LogP) is 2.11. The Bertz CT molecular complexity index is 502. The molecular weight excluding hydrogens is 266 g/mol. The van der Waals surface area contributed by atoms with Crippen molar-refractivity contribution in [3.63, 3.8) is 0 Å². The Morgan fingerprint density at radius 3 is 2.62 bits per heavy atom. The van der Waals surface area contributed by atoms with Gasteiger partial charge >= 0.3 is 0 Å². The number of amides is 1. The summed E-state index contributed by atoms with van der Waals surface area (Å²) in [5, 5.41) is 0. The molecule has 1 aromatic rings. The van der Waals surface area contributed by atoms with E-state index in [9.17, 15) is 4.79 Å². The maximum atomic E-state index is 11.5. The van der Waals surface area contributed by atoms with Gasteiger partial charge in [0.15, 0.2) is 0 Å². The molecule has 116 valence electrons. The molecule has 2 rings (SSSR count). The van der Waals surface area contributed by atoms with Crippen LogP contribution in [0.1, 0.15) is 27.2 Å². The molecule has 1 aliphatic rings. The zero-order valence-electron chi connectivity index (χ0n) is 13.1. The number of anilines is 2. The molecule has 1 aliphatic heterocycles. The first kappa shape index (κ1) is 15.5. The van der Waals surface area contributed by atoms with Crippen molar-refractivity contribution in [2.24, 2.45) is 0 Å². The molecule has 0 atom stereocenters. The Labute approximate surface area is 126 Å². The molecule has 1 fully saturated rings. The van der Waals surface area contributed by atoms with E-state index in [1.165, 1.54) is 0 Å². The highest BCUT2D eigenvalue weighted by molar-refractivity contribution is 5.73. The van der Waals surface area contributed by atoms with Gasteiger partial charge in [0.2, 0.25) is 5.91 Å². The van der Waals surface area contributed by atoms with Gasteiger partial charge in [0.25, 0.3) is 0 Å². The van der Waals surface area contributed by atoms with Gasteiger partial charge in [-0.05, 0) is 26.3 Å². The number of benzene rings is 1. The van der Waals surface area contributed by atoms with Gasteiger partial charge in [-0.15, -0.1) is 0 Å². The molecule has 0 unspecified atom stereocenters. The van der Waals surface area contributed by atoms with Crippen LogP contribution < -0.4 is 15.4 Å². The largest absolute Gasteiger partial charge is 0.491 e. The van der Waals surface area contributed by atoms with Crippen molar-refractivity contribution < 1.29 is 9.53 Å². The summed E-state index contributed by atoms with van der Waals surface area (Å²) in [5.74, 6) is 0.945. The van der Waals surface area contributed by atoms with Crippen LogP contribution in [-0.2, 0) is 4.79 Å². The molecule has 0 aromatic heterocycles. The van der Waals surface area contributed by atoms with E-state index in [4.69, 9.17) is 10.5 Å². The molecule has 0 radical (unpaired) electrons. The van der Waals surface area contributed by atoms with Crippen molar-refractivity contribution in [3.8, 4) is 5.75 Å². The second-order valence-electron chi connectivity index (χ2n) is 5.77. The smallest absolute Gasteiger partial charge is 0.219 e. The summed E-state index contributed by atoms with van der Waals surface area (Å²) in [6.07, 6.45) is 1.09. The molecule has 5 nitrogen and oxygen atoms in total. The number of carbonyl (C=O) groups is 1. The third-order valence-electron chi connectivity index (χ3n) is 3.59. The van der Waals surface area contributed by atoms with Crippen molar-refractivity contribution in [3.05, 3.63) is 18.2 Å². The van der Waals surface area contributed by atoms with Crippen molar-refractivity contribution in [1.82, 2.24) is 4.90 Å². The van der Waals surface area contributed by atoms with E-state index in [2.05, 4.69) is 4.90 Å². The number of nitrogens with two attached hydrogens (primary N) is 1. The summed E-state index contributed by atoms with van der Waals surface area (Å²) in [5.41, 5.74) is 7.76. The third-order valence-corrected chi connectivity index (χ3v) is 3.59. The summed E-state index contributed by atoms with van der Waals surface area (Å²) in [7, 11) is 0. The van der Waals surface area contributed by atoms with E-state index < -0.39 is 0 Å². The fraction of sp³-hybridized carbons (Fsp3) is 0.562. The summed E-state index contributed by atoms with van der Waals surface area (Å²) < 4.78 is 5.75. The van der Waals surface area contributed by atoms with Crippen LogP contribution in [0.25, 0.3) is 0 Å². The first-order valence-corrected chi connectivity index (χ1v) is 7.53. The van der Waals surface area contributed by atoms with E-state index in [0.717, 1.165) is 44.0 Å². The predicted molar refractivity (Wildman–Crippen MR) is 85.7 cm³/mol. The lowest BCUT2D eigenvalue weighted by Crippen LogP contribution is -2.33. The Balaban J connectivity index is 2.13. The lowest BCUT2D eigenvalue weighted by atomic mass is 10.2. The van der Waals surface area contributed by atoms with Crippen LogP contribution in [0.2, 0.25) is 0 Å². The summed E-state index contributed by atoms with van der Waals surface area (Å²) in [6, 6.07) is 5.85. The Morgan fingerprint density at radius 1 is 1.19 bits per heavy atom. The molecule has 0 saturated carbocycles. The average Bonchev–Trinajstić information content (AvgIpc) is 2.62. The van der Waals surface area contributed by atoms with Gasteiger partial charge in [-0.1, -0.05) is 0 Å². The normalized spacial score (nSPS) is 16.0. The van der Waals surface area contributed by atoms with E-state index in [0.29, 0.717) is 5.69 Å². The Hall–Kier alpha value is -1.91. The standard InChI is InChI=1S/C16H25N3O2/c1-12(2)21-16-10-14(17)9-15(11-16)19-6-4-5-18(7-8-19)13(3)20/h9-12H,4-8,17H2,1-3H3. The second-order valence-corrected chi connectivity index (χ2v) is 5.77. The SMILES string of the molecule is CC(=O)N1CCCN(c2cc(N)cc(OC(C)C)c2)CC1. The molecule has 1 heterocycles. The van der Waals surface area contributed by atoms with Gasteiger partial charge in [-0.25, -0.2) is 0 Å². The minimum absolute atomic E-state index is 0.122. The van der Waals surface area contributed by atoms with Gasteiger partial charge in [0.1, 0.15) is 5.75 Å². The minimum Gasteiger partial charge on any atom is -0.491 e. The number of hydrogen-bond donors (Lipinski definition) is 1. The van der Waals surface area contributed by atoms with Gasteiger partial charge in [-0.3, -0.25) is 4.79 Å². The highest BCUT2D eigenvalue weighted by Crippen LogP contribution is 2.27. The summed E-state index contributed by atoms with van der Waals surface area (Å²) in [6.45, 7) is 8.95. The first-order chi connectivity index (χ1) is 9.95. The fourth-order valence-electron chi connectivity index (χ4n) is 2.62. The summed E-state index contributed by atoms with van der Waals surface area (Å²) >= 11 is 0. The maximum absolute atomic E-state index is 11.5. The number of rotatable bonds is 3. The highest BCUT2D eigenvalue weighted by atomic mass is 16.5. The van der Waals surface area contributed by atoms with Crippen molar-refractivity contribution in [2.75, 3.05) is 36.8 Å². The molecule has 1 saturated heterocycles. The van der Waals surface area contributed by atoms with Crippen LogP contribution in [0.3, 0.4) is 0 Å². The molecule has 2 N–H and O–H groups in total. The van der Waals surface area contributed by atoms with Crippen molar-refractivity contribution in [1.29, 1.82) is 0 Å². The van der Waals surface area contributed by atoms with Gasteiger partial charge in [0.05, 0.1) is 6.10 Å². The fourth-order valence-corrected chi connectivity index (χ4v) is 2.62. The third kappa shape index (κ3) is 4.28. The van der Waals surface area contributed by atoms with Crippen LogP contribution in [0.4, 0.5) is 11.4 Å². The van der Waals surface area contributed by atoms with Crippen LogP contribution >= 0.6 is 0 Å². The quantitative estimate of drug-likeness (QED) is 0.867. The van der Waals surface area contributed by atoms with E-state index >= 15 is 0 Å². The second kappa shape index (κ2) is 6.70. The molecule has 0 bridgehead atoms. The first-order valence-electron chi connectivity index (χ1n) is 7.53. The number of carbonyl (C=O) groups excluding carboxylic acids is 1. The monoisotopic (exact) mass is 291 g/mol. The molecular formula is C16H25N3O2. The molecule has 1 amide bonds. The van der Waals surface area contributed by atoms with E-state index in [1.54, 1.807) is 6.92 Å². The molecule has 0 spiro atoms. The maximum Gasteiger partial charge on any atom is 0.219 e. The Kier molecular flexibility index (Phi) is 4.94. The van der Waals surface area contributed by atoms with Gasteiger partial charge in [-0.2, -0.15) is 0 Å². The lowest BCUT2D eigenvalue weighted by Gasteiger charge is -2.24. The van der Waals surface area contributed by atoms with E-state index in [1.807, 2.05) is 36.9 Å². The Morgan fingerprint density at radius 2 is 1.95 bits per heavy atom. The van der Waals surface area contributed by atoms with Crippen LogP contribution in [-0.4, -0.2) is 43.1 Å².